The monoisotopic (exact) mass is 456 g/mol. The molecule has 1 amide bonds. The molecule has 2 heterocycles. The molecule has 4 rings (SSSR count). The van der Waals surface area contributed by atoms with E-state index in [0.29, 0.717) is 5.56 Å². The van der Waals surface area contributed by atoms with Gasteiger partial charge in [0.1, 0.15) is 11.6 Å². The fraction of sp³-hybridized carbons (Fsp3) is 0.0870. The summed E-state index contributed by atoms with van der Waals surface area (Å²) in [5.74, 6) is -2.83. The van der Waals surface area contributed by atoms with E-state index in [9.17, 15) is 19.1 Å². The number of amides is 1. The van der Waals surface area contributed by atoms with Gasteiger partial charge in [0.15, 0.2) is 0 Å². The van der Waals surface area contributed by atoms with Crippen LogP contribution in [0.25, 0.3) is 5.76 Å². The molecule has 31 heavy (non-hydrogen) atoms. The molecule has 1 N–H and O–H groups in total. The third kappa shape index (κ3) is 3.92. The maximum Gasteiger partial charge on any atom is 0.295 e. The van der Waals surface area contributed by atoms with Crippen LogP contribution in [0.4, 0.5) is 4.39 Å². The highest BCUT2D eigenvalue weighted by Crippen LogP contribution is 2.41. The highest BCUT2D eigenvalue weighted by atomic mass is 35.5. The Kier molecular flexibility index (Phi) is 5.76. The second-order valence-corrected chi connectivity index (χ2v) is 7.75. The zero-order valence-electron chi connectivity index (χ0n) is 15.9. The molecule has 0 saturated carbocycles. The van der Waals surface area contributed by atoms with Crippen LogP contribution < -0.4 is 0 Å². The minimum atomic E-state index is -1.13. The average molecular weight is 457 g/mol. The predicted molar refractivity (Wildman–Crippen MR) is 115 cm³/mol. The van der Waals surface area contributed by atoms with Gasteiger partial charge in [-0.15, -0.1) is 0 Å². The second kappa shape index (κ2) is 8.49. The highest BCUT2D eigenvalue weighted by Gasteiger charge is 2.47. The number of halogens is 3. The lowest BCUT2D eigenvalue weighted by Gasteiger charge is -2.25. The Labute approximate surface area is 187 Å². The number of Topliss-reactive ketones (excluding diaryl/α,β-unsaturated/α-hetero) is 1. The molecule has 0 aliphatic carbocycles. The van der Waals surface area contributed by atoms with E-state index < -0.39 is 29.3 Å². The van der Waals surface area contributed by atoms with Crippen molar-refractivity contribution in [3.05, 3.63) is 105 Å². The minimum absolute atomic E-state index is 0.00949. The number of aliphatic hydroxyl groups excluding tert-OH is 1. The van der Waals surface area contributed by atoms with E-state index in [4.69, 9.17) is 23.2 Å². The van der Waals surface area contributed by atoms with E-state index >= 15 is 0 Å². The number of benzene rings is 2. The number of carbonyl (C=O) groups is 2. The van der Waals surface area contributed by atoms with Crippen molar-refractivity contribution in [2.75, 3.05) is 0 Å². The molecule has 0 radical (unpaired) electrons. The first-order valence-electron chi connectivity index (χ1n) is 9.25. The van der Waals surface area contributed by atoms with E-state index in [1.165, 1.54) is 41.3 Å². The zero-order chi connectivity index (χ0) is 22.1. The smallest absolute Gasteiger partial charge is 0.295 e. The van der Waals surface area contributed by atoms with Gasteiger partial charge in [0, 0.05) is 30.1 Å². The summed E-state index contributed by atoms with van der Waals surface area (Å²) in [5, 5.41) is 11.4. The van der Waals surface area contributed by atoms with E-state index in [0.717, 1.165) is 0 Å². The van der Waals surface area contributed by atoms with E-state index in [-0.39, 0.29) is 33.3 Å². The van der Waals surface area contributed by atoms with Gasteiger partial charge >= 0.3 is 0 Å². The molecule has 2 aromatic carbocycles. The average Bonchev–Trinajstić information content (AvgIpc) is 3.01. The molecule has 0 spiro atoms. The lowest BCUT2D eigenvalue weighted by molar-refractivity contribution is -0.140. The molecule has 1 aliphatic rings. The van der Waals surface area contributed by atoms with E-state index in [1.54, 1.807) is 30.6 Å². The lowest BCUT2D eigenvalue weighted by atomic mass is 9.95. The normalized spacial score (nSPS) is 17.9. The van der Waals surface area contributed by atoms with Crippen LogP contribution in [0.2, 0.25) is 10.0 Å². The zero-order valence-corrected chi connectivity index (χ0v) is 17.4. The number of hydrogen-bond donors (Lipinski definition) is 1. The van der Waals surface area contributed by atoms with Crippen LogP contribution in [0.3, 0.4) is 0 Å². The summed E-state index contributed by atoms with van der Waals surface area (Å²) in [6.45, 7) is 0.00949. The van der Waals surface area contributed by atoms with Gasteiger partial charge in [0.2, 0.25) is 0 Å². The van der Waals surface area contributed by atoms with Gasteiger partial charge in [0.25, 0.3) is 11.7 Å². The van der Waals surface area contributed by atoms with Gasteiger partial charge in [-0.1, -0.05) is 47.5 Å². The third-order valence-corrected chi connectivity index (χ3v) is 5.75. The van der Waals surface area contributed by atoms with Crippen molar-refractivity contribution < 1.29 is 19.1 Å². The summed E-state index contributed by atoms with van der Waals surface area (Å²) in [5.41, 5.74) is 0.708. The van der Waals surface area contributed by atoms with Crippen molar-refractivity contribution in [2.45, 2.75) is 12.6 Å². The molecular weight excluding hydrogens is 442 g/mol. The summed E-state index contributed by atoms with van der Waals surface area (Å²) in [6.07, 6.45) is 3.13. The van der Waals surface area contributed by atoms with Crippen LogP contribution in [0, 0.1) is 5.82 Å². The molecule has 3 aromatic rings. The summed E-state index contributed by atoms with van der Waals surface area (Å²) in [4.78, 5) is 31.1. The van der Waals surface area contributed by atoms with Crippen molar-refractivity contribution in [3.8, 4) is 0 Å². The van der Waals surface area contributed by atoms with Crippen LogP contribution in [0.1, 0.15) is 22.7 Å². The fourth-order valence-electron chi connectivity index (χ4n) is 3.55. The molecule has 1 aliphatic heterocycles. The number of aromatic nitrogens is 1. The number of likely N-dealkylation sites (tertiary alicyclic amines) is 1. The SMILES string of the molecule is O=C1C(=O)N(Cc2cccnc2)C(c2ccccc2F)/C1=C(\O)c1ccc(Cl)c(Cl)c1. The van der Waals surface area contributed by atoms with Gasteiger partial charge in [-0.3, -0.25) is 14.6 Å². The fourth-order valence-corrected chi connectivity index (χ4v) is 3.85. The largest absolute Gasteiger partial charge is 0.507 e. The number of carbonyl (C=O) groups excluding carboxylic acids is 2. The number of nitrogens with zero attached hydrogens (tertiary/aromatic N) is 2. The summed E-state index contributed by atoms with van der Waals surface area (Å²) in [7, 11) is 0. The van der Waals surface area contributed by atoms with E-state index in [1.807, 2.05) is 0 Å². The number of pyridine rings is 1. The molecule has 1 atom stereocenters. The van der Waals surface area contributed by atoms with Gasteiger partial charge in [0.05, 0.1) is 21.7 Å². The predicted octanol–water partition coefficient (Wildman–Crippen LogP) is 5.15. The number of ketones is 1. The van der Waals surface area contributed by atoms with Crippen LogP contribution in [-0.4, -0.2) is 26.7 Å². The first-order chi connectivity index (χ1) is 14.9. The van der Waals surface area contributed by atoms with Gasteiger partial charge in [-0.2, -0.15) is 0 Å². The van der Waals surface area contributed by atoms with Gasteiger partial charge in [-0.25, -0.2) is 4.39 Å². The Hall–Kier alpha value is -3.22. The van der Waals surface area contributed by atoms with Crippen LogP contribution in [0.15, 0.2) is 72.6 Å². The summed E-state index contributed by atoms with van der Waals surface area (Å²) in [6, 6.07) is 12.4. The Bertz CT molecular complexity index is 1210. The van der Waals surface area contributed by atoms with Crippen LogP contribution in [-0.2, 0) is 16.1 Å². The Morgan fingerprint density at radius 3 is 2.52 bits per heavy atom. The second-order valence-electron chi connectivity index (χ2n) is 6.94. The standard InChI is InChI=1S/C23H15Cl2FN2O3/c24-16-8-7-14(10-17(16)25)21(29)19-20(15-5-1-2-6-18(15)26)28(23(31)22(19)30)12-13-4-3-9-27-11-13/h1-11,20,29H,12H2/b21-19+. The maximum absolute atomic E-state index is 14.8. The molecule has 8 heteroatoms. The van der Waals surface area contributed by atoms with Crippen molar-refractivity contribution in [1.82, 2.24) is 9.88 Å². The van der Waals surface area contributed by atoms with Crippen molar-refractivity contribution >= 4 is 40.7 Å². The molecule has 156 valence electrons. The first kappa shape index (κ1) is 21.0. The third-order valence-electron chi connectivity index (χ3n) is 5.01. The van der Waals surface area contributed by atoms with Gasteiger partial charge < -0.3 is 10.0 Å². The Morgan fingerprint density at radius 1 is 1.06 bits per heavy atom. The molecule has 1 fully saturated rings. The Morgan fingerprint density at radius 2 is 1.84 bits per heavy atom. The van der Waals surface area contributed by atoms with Crippen molar-refractivity contribution in [3.63, 3.8) is 0 Å². The molecular formula is C23H15Cl2FN2O3. The van der Waals surface area contributed by atoms with E-state index in [2.05, 4.69) is 4.98 Å². The topological polar surface area (TPSA) is 70.5 Å². The van der Waals surface area contributed by atoms with Crippen LogP contribution in [0.5, 0.6) is 0 Å². The number of aliphatic hydroxyl groups is 1. The minimum Gasteiger partial charge on any atom is -0.507 e. The first-order valence-corrected chi connectivity index (χ1v) is 10.0. The number of hydrogen-bond acceptors (Lipinski definition) is 4. The Balaban J connectivity index is 1.90. The number of rotatable bonds is 4. The highest BCUT2D eigenvalue weighted by molar-refractivity contribution is 6.46. The molecule has 1 unspecified atom stereocenters. The lowest BCUT2D eigenvalue weighted by Crippen LogP contribution is -2.29. The van der Waals surface area contributed by atoms with Crippen LogP contribution >= 0.6 is 23.2 Å². The van der Waals surface area contributed by atoms with Crippen molar-refractivity contribution in [1.29, 1.82) is 0 Å². The molecule has 0 bridgehead atoms. The van der Waals surface area contributed by atoms with Gasteiger partial charge in [-0.05, 0) is 35.9 Å². The quantitative estimate of drug-likeness (QED) is 0.334. The maximum atomic E-state index is 14.8. The summed E-state index contributed by atoms with van der Waals surface area (Å²) < 4.78 is 14.8. The summed E-state index contributed by atoms with van der Waals surface area (Å²) >= 11 is 12.0. The molecule has 5 nitrogen and oxygen atoms in total. The van der Waals surface area contributed by atoms with Crippen molar-refractivity contribution in [2.24, 2.45) is 0 Å². The molecule has 1 saturated heterocycles. The molecule has 1 aromatic heterocycles.